The van der Waals surface area contributed by atoms with Crippen LogP contribution < -0.4 is 0 Å². The second-order valence-electron chi connectivity index (χ2n) is 2.79. The summed E-state index contributed by atoms with van der Waals surface area (Å²) in [4.78, 5) is 14.3. The average Bonchev–Trinajstić information content (AvgIpc) is 2.15. The Kier molecular flexibility index (Phi) is 3.45. The Morgan fingerprint density at radius 1 is 1.50 bits per heavy atom. The van der Waals surface area contributed by atoms with Crippen LogP contribution in [0.2, 0.25) is 0 Å². The van der Waals surface area contributed by atoms with Crippen molar-refractivity contribution in [3.8, 4) is 0 Å². The number of pyridine rings is 1. The lowest BCUT2D eigenvalue weighted by molar-refractivity contribution is -0.108. The number of aldehydes is 1. The smallest absolute Gasteiger partial charge is 0.120 e. The quantitative estimate of drug-likeness (QED) is 0.637. The predicted octanol–water partition coefficient (Wildman–Crippen LogP) is 2.16. The van der Waals surface area contributed by atoms with Gasteiger partial charge in [0.2, 0.25) is 0 Å². The van der Waals surface area contributed by atoms with Gasteiger partial charge in [0, 0.05) is 18.8 Å². The number of rotatable bonds is 4. The third-order valence-electron chi connectivity index (χ3n) is 2.05. The van der Waals surface area contributed by atoms with Crippen molar-refractivity contribution >= 4 is 6.29 Å². The lowest BCUT2D eigenvalue weighted by atomic mass is 9.95. The van der Waals surface area contributed by atoms with Gasteiger partial charge in [-0.1, -0.05) is 6.92 Å². The van der Waals surface area contributed by atoms with Crippen molar-refractivity contribution in [2.45, 2.75) is 25.7 Å². The van der Waals surface area contributed by atoms with Crippen molar-refractivity contribution in [3.05, 3.63) is 30.1 Å². The summed E-state index contributed by atoms with van der Waals surface area (Å²) in [6.07, 6.45) is 6.13. The fourth-order valence-corrected chi connectivity index (χ4v) is 1.29. The summed E-state index contributed by atoms with van der Waals surface area (Å²) in [6, 6.07) is 3.94. The molecule has 0 saturated carbocycles. The molecule has 2 nitrogen and oxygen atoms in total. The van der Waals surface area contributed by atoms with Gasteiger partial charge in [-0.25, -0.2) is 0 Å². The molecule has 0 aliphatic rings. The number of hydrogen-bond acceptors (Lipinski definition) is 2. The monoisotopic (exact) mass is 163 g/mol. The third kappa shape index (κ3) is 2.16. The molecule has 1 atom stereocenters. The molecular formula is C10H13NO. The molecule has 12 heavy (non-hydrogen) atoms. The van der Waals surface area contributed by atoms with Crippen molar-refractivity contribution in [1.29, 1.82) is 0 Å². The molecule has 0 radical (unpaired) electrons. The number of aromatic nitrogens is 1. The molecule has 0 aliphatic heterocycles. The van der Waals surface area contributed by atoms with E-state index in [1.165, 1.54) is 5.56 Å². The fourth-order valence-electron chi connectivity index (χ4n) is 1.29. The summed E-state index contributed by atoms with van der Waals surface area (Å²) in [5.74, 6) is 0.366. The topological polar surface area (TPSA) is 30.0 Å². The molecule has 0 amide bonds. The van der Waals surface area contributed by atoms with Crippen LogP contribution in [0, 0.1) is 0 Å². The Balaban J connectivity index is 2.72. The molecule has 1 aromatic heterocycles. The van der Waals surface area contributed by atoms with E-state index in [1.54, 1.807) is 12.4 Å². The minimum atomic E-state index is 0.366. The summed E-state index contributed by atoms with van der Waals surface area (Å²) in [6.45, 7) is 2.09. The van der Waals surface area contributed by atoms with Crippen LogP contribution in [0.25, 0.3) is 0 Å². The van der Waals surface area contributed by atoms with Crippen LogP contribution in [0.4, 0.5) is 0 Å². The molecule has 0 bridgehead atoms. The molecule has 64 valence electrons. The van der Waals surface area contributed by atoms with Crippen molar-refractivity contribution in [2.24, 2.45) is 0 Å². The van der Waals surface area contributed by atoms with Crippen LogP contribution in [-0.4, -0.2) is 11.3 Å². The third-order valence-corrected chi connectivity index (χ3v) is 2.05. The first-order chi connectivity index (χ1) is 5.88. The lowest BCUT2D eigenvalue weighted by Gasteiger charge is -2.10. The van der Waals surface area contributed by atoms with E-state index in [2.05, 4.69) is 11.9 Å². The zero-order valence-electron chi connectivity index (χ0n) is 7.23. The normalized spacial score (nSPS) is 12.4. The number of hydrogen-bond donors (Lipinski definition) is 0. The fraction of sp³-hybridized carbons (Fsp3) is 0.400. The van der Waals surface area contributed by atoms with Gasteiger partial charge >= 0.3 is 0 Å². The molecule has 0 aliphatic carbocycles. The summed E-state index contributed by atoms with van der Waals surface area (Å²) in [5.41, 5.74) is 1.21. The highest BCUT2D eigenvalue weighted by Crippen LogP contribution is 2.20. The van der Waals surface area contributed by atoms with Crippen LogP contribution in [0.3, 0.4) is 0 Å². The second-order valence-corrected chi connectivity index (χ2v) is 2.79. The first-order valence-electron chi connectivity index (χ1n) is 4.22. The maximum atomic E-state index is 10.3. The summed E-state index contributed by atoms with van der Waals surface area (Å²) in [5, 5.41) is 0. The van der Waals surface area contributed by atoms with Crippen LogP contribution in [0.15, 0.2) is 24.5 Å². The SMILES string of the molecule is CCC(CC=O)c1ccncc1. The minimum Gasteiger partial charge on any atom is -0.303 e. The number of nitrogens with zero attached hydrogens (tertiary/aromatic N) is 1. The van der Waals surface area contributed by atoms with Gasteiger partial charge in [0.15, 0.2) is 0 Å². The summed E-state index contributed by atoms with van der Waals surface area (Å²) < 4.78 is 0. The van der Waals surface area contributed by atoms with Crippen molar-refractivity contribution < 1.29 is 4.79 Å². The first-order valence-corrected chi connectivity index (χ1v) is 4.22. The maximum absolute atomic E-state index is 10.3. The van der Waals surface area contributed by atoms with E-state index in [-0.39, 0.29) is 0 Å². The van der Waals surface area contributed by atoms with Gasteiger partial charge in [-0.15, -0.1) is 0 Å². The van der Waals surface area contributed by atoms with Crippen molar-refractivity contribution in [1.82, 2.24) is 4.98 Å². The van der Waals surface area contributed by atoms with E-state index in [1.807, 2.05) is 12.1 Å². The van der Waals surface area contributed by atoms with E-state index < -0.39 is 0 Å². The zero-order chi connectivity index (χ0) is 8.81. The Bertz CT molecular complexity index is 233. The van der Waals surface area contributed by atoms with Crippen LogP contribution in [0.1, 0.15) is 31.2 Å². The lowest BCUT2D eigenvalue weighted by Crippen LogP contribution is -1.97. The molecule has 1 rings (SSSR count). The van der Waals surface area contributed by atoms with Crippen molar-refractivity contribution in [3.63, 3.8) is 0 Å². The van der Waals surface area contributed by atoms with E-state index in [4.69, 9.17) is 0 Å². The molecule has 0 fully saturated rings. The second kappa shape index (κ2) is 4.65. The van der Waals surface area contributed by atoms with Crippen LogP contribution in [-0.2, 0) is 4.79 Å². The van der Waals surface area contributed by atoms with Gasteiger partial charge in [0.1, 0.15) is 6.29 Å². The molecule has 1 aromatic rings. The molecule has 0 spiro atoms. The molecule has 1 heterocycles. The highest BCUT2D eigenvalue weighted by Gasteiger charge is 2.06. The Morgan fingerprint density at radius 3 is 2.67 bits per heavy atom. The average molecular weight is 163 g/mol. The zero-order valence-corrected chi connectivity index (χ0v) is 7.23. The van der Waals surface area contributed by atoms with E-state index in [0.717, 1.165) is 12.7 Å². The molecule has 0 aromatic carbocycles. The highest BCUT2D eigenvalue weighted by atomic mass is 16.1. The van der Waals surface area contributed by atoms with E-state index >= 15 is 0 Å². The van der Waals surface area contributed by atoms with E-state index in [0.29, 0.717) is 12.3 Å². The van der Waals surface area contributed by atoms with Gasteiger partial charge in [0.05, 0.1) is 0 Å². The van der Waals surface area contributed by atoms with Gasteiger partial charge in [-0.2, -0.15) is 0 Å². The number of carbonyl (C=O) groups is 1. The number of carbonyl (C=O) groups excluding carboxylic acids is 1. The highest BCUT2D eigenvalue weighted by molar-refractivity contribution is 5.51. The molecule has 0 saturated heterocycles. The van der Waals surface area contributed by atoms with Crippen LogP contribution in [0.5, 0.6) is 0 Å². The largest absolute Gasteiger partial charge is 0.303 e. The minimum absolute atomic E-state index is 0.366. The Morgan fingerprint density at radius 2 is 2.17 bits per heavy atom. The predicted molar refractivity (Wildman–Crippen MR) is 48.0 cm³/mol. The Hall–Kier alpha value is -1.18. The molecule has 2 heteroatoms. The van der Waals surface area contributed by atoms with Crippen molar-refractivity contribution in [2.75, 3.05) is 0 Å². The molecular weight excluding hydrogens is 150 g/mol. The molecule has 0 N–H and O–H groups in total. The van der Waals surface area contributed by atoms with E-state index in [9.17, 15) is 4.79 Å². The molecule has 1 unspecified atom stereocenters. The first kappa shape index (κ1) is 8.91. The van der Waals surface area contributed by atoms with Gasteiger partial charge < -0.3 is 4.79 Å². The summed E-state index contributed by atoms with van der Waals surface area (Å²) >= 11 is 0. The maximum Gasteiger partial charge on any atom is 0.120 e. The van der Waals surface area contributed by atoms with Crippen LogP contribution >= 0.6 is 0 Å². The van der Waals surface area contributed by atoms with Gasteiger partial charge in [-0.3, -0.25) is 4.98 Å². The summed E-state index contributed by atoms with van der Waals surface area (Å²) in [7, 11) is 0. The standard InChI is InChI=1S/C10H13NO/c1-2-9(5-8-12)10-3-6-11-7-4-10/h3-4,6-9H,2,5H2,1H3. The van der Waals surface area contributed by atoms with Gasteiger partial charge in [0.25, 0.3) is 0 Å². The Labute approximate surface area is 72.6 Å². The van der Waals surface area contributed by atoms with Gasteiger partial charge in [-0.05, 0) is 30.0 Å².